The van der Waals surface area contributed by atoms with Crippen LogP contribution in [-0.2, 0) is 4.74 Å². The minimum Gasteiger partial charge on any atom is -0.445 e. The third-order valence-corrected chi connectivity index (χ3v) is 3.84. The van der Waals surface area contributed by atoms with E-state index in [9.17, 15) is 19.7 Å². The standard InChI is InChI=1S/C20H14N2O5/c23-18(14-4-2-1-3-5-14)19(15-6-8-17(9-7-15)22(25)26)27-20(24)16-10-12-21-13-11-16/h1-13,19H/t19-/m1/s1. The Morgan fingerprint density at radius 2 is 1.52 bits per heavy atom. The fraction of sp³-hybridized carbons (Fsp3) is 0.0500. The highest BCUT2D eigenvalue weighted by molar-refractivity contribution is 6.02. The number of ketones is 1. The fourth-order valence-corrected chi connectivity index (χ4v) is 2.46. The molecule has 1 atom stereocenters. The molecule has 0 aliphatic heterocycles. The van der Waals surface area contributed by atoms with Gasteiger partial charge in [0.25, 0.3) is 5.69 Å². The molecule has 3 rings (SSSR count). The van der Waals surface area contributed by atoms with E-state index >= 15 is 0 Å². The summed E-state index contributed by atoms with van der Waals surface area (Å²) in [6.07, 6.45) is 1.65. The first-order valence-corrected chi connectivity index (χ1v) is 8.01. The number of nitro benzene ring substituents is 1. The molecule has 0 saturated carbocycles. The van der Waals surface area contributed by atoms with Crippen LogP contribution in [0.15, 0.2) is 79.1 Å². The number of ether oxygens (including phenoxy) is 1. The Hall–Kier alpha value is -3.87. The highest BCUT2D eigenvalue weighted by atomic mass is 16.6. The van der Waals surface area contributed by atoms with Crippen LogP contribution in [0.4, 0.5) is 5.69 Å². The molecule has 7 heteroatoms. The van der Waals surface area contributed by atoms with Crippen LogP contribution in [0, 0.1) is 10.1 Å². The lowest BCUT2D eigenvalue weighted by atomic mass is 9.99. The lowest BCUT2D eigenvalue weighted by Gasteiger charge is -2.17. The van der Waals surface area contributed by atoms with Gasteiger partial charge in [0, 0.05) is 35.7 Å². The number of aromatic nitrogens is 1. The largest absolute Gasteiger partial charge is 0.445 e. The summed E-state index contributed by atoms with van der Waals surface area (Å²) in [5.41, 5.74) is 0.836. The fourth-order valence-electron chi connectivity index (χ4n) is 2.46. The van der Waals surface area contributed by atoms with E-state index in [1.54, 1.807) is 30.3 Å². The molecular weight excluding hydrogens is 348 g/mol. The number of nitro groups is 1. The molecule has 1 heterocycles. The first-order valence-electron chi connectivity index (χ1n) is 8.01. The summed E-state index contributed by atoms with van der Waals surface area (Å²) in [5.74, 6) is -1.11. The van der Waals surface area contributed by atoms with Crippen LogP contribution in [0.3, 0.4) is 0 Å². The molecule has 0 aliphatic rings. The summed E-state index contributed by atoms with van der Waals surface area (Å²) in [5, 5.41) is 10.8. The zero-order valence-electron chi connectivity index (χ0n) is 14.0. The molecule has 0 spiro atoms. The van der Waals surface area contributed by atoms with Crippen LogP contribution in [0.5, 0.6) is 0 Å². The number of rotatable bonds is 6. The van der Waals surface area contributed by atoms with Crippen LogP contribution in [0.2, 0.25) is 0 Å². The monoisotopic (exact) mass is 362 g/mol. The van der Waals surface area contributed by atoms with Crippen LogP contribution in [-0.4, -0.2) is 21.7 Å². The van der Waals surface area contributed by atoms with Crippen molar-refractivity contribution in [3.63, 3.8) is 0 Å². The van der Waals surface area contributed by atoms with Crippen molar-refractivity contribution < 1.29 is 19.2 Å². The summed E-state index contributed by atoms with van der Waals surface area (Å²) in [6, 6.07) is 16.7. The molecule has 0 amide bonds. The third kappa shape index (κ3) is 4.21. The number of non-ortho nitro benzene ring substituents is 1. The number of benzene rings is 2. The normalized spacial score (nSPS) is 11.4. The van der Waals surface area contributed by atoms with Gasteiger partial charge in [-0.1, -0.05) is 30.3 Å². The molecule has 0 radical (unpaired) electrons. The van der Waals surface area contributed by atoms with Crippen molar-refractivity contribution in [2.24, 2.45) is 0 Å². The van der Waals surface area contributed by atoms with Gasteiger partial charge in [0.1, 0.15) is 0 Å². The Balaban J connectivity index is 1.94. The number of nitrogens with zero attached hydrogens (tertiary/aromatic N) is 2. The summed E-state index contributed by atoms with van der Waals surface area (Å²) in [4.78, 5) is 39.5. The maximum Gasteiger partial charge on any atom is 0.339 e. The van der Waals surface area contributed by atoms with Crippen molar-refractivity contribution in [1.82, 2.24) is 4.98 Å². The molecular formula is C20H14N2O5. The topological polar surface area (TPSA) is 99.4 Å². The SMILES string of the molecule is O=C(O[C@@H](C(=O)c1ccccc1)c1ccc([N+](=O)[O-])cc1)c1ccncc1. The molecule has 0 fully saturated rings. The molecule has 7 nitrogen and oxygen atoms in total. The first kappa shape index (κ1) is 17.9. The Bertz CT molecular complexity index is 957. The summed E-state index contributed by atoms with van der Waals surface area (Å²) < 4.78 is 5.45. The van der Waals surface area contributed by atoms with Crippen molar-refractivity contribution in [2.75, 3.05) is 0 Å². The molecule has 0 N–H and O–H groups in total. The van der Waals surface area contributed by atoms with Gasteiger partial charge in [0.2, 0.25) is 5.78 Å². The zero-order valence-corrected chi connectivity index (χ0v) is 14.0. The van der Waals surface area contributed by atoms with Gasteiger partial charge >= 0.3 is 5.97 Å². The van der Waals surface area contributed by atoms with E-state index in [1.165, 1.54) is 48.8 Å². The average Bonchev–Trinajstić information content (AvgIpc) is 2.72. The zero-order chi connectivity index (χ0) is 19.2. The minimum absolute atomic E-state index is 0.120. The number of Topliss-reactive ketones (excluding diaryl/α,β-unsaturated/α-hetero) is 1. The van der Waals surface area contributed by atoms with Crippen LogP contribution < -0.4 is 0 Å². The smallest absolute Gasteiger partial charge is 0.339 e. The molecule has 2 aromatic carbocycles. The van der Waals surface area contributed by atoms with Crippen molar-refractivity contribution >= 4 is 17.4 Å². The van der Waals surface area contributed by atoms with Gasteiger partial charge in [-0.05, 0) is 24.3 Å². The van der Waals surface area contributed by atoms with Gasteiger partial charge in [-0.3, -0.25) is 19.9 Å². The molecule has 0 unspecified atom stereocenters. The number of hydrogen-bond acceptors (Lipinski definition) is 6. The van der Waals surface area contributed by atoms with E-state index in [0.29, 0.717) is 11.1 Å². The predicted molar refractivity (Wildman–Crippen MR) is 96.3 cm³/mol. The molecule has 0 bridgehead atoms. The second kappa shape index (κ2) is 8.01. The third-order valence-electron chi connectivity index (χ3n) is 3.84. The Morgan fingerprint density at radius 3 is 2.11 bits per heavy atom. The second-order valence-corrected chi connectivity index (χ2v) is 5.60. The number of esters is 1. The van der Waals surface area contributed by atoms with E-state index in [2.05, 4.69) is 4.98 Å². The van der Waals surface area contributed by atoms with E-state index in [0.717, 1.165) is 0 Å². The van der Waals surface area contributed by atoms with Crippen molar-refractivity contribution in [3.8, 4) is 0 Å². The van der Waals surface area contributed by atoms with Gasteiger partial charge in [-0.25, -0.2) is 4.79 Å². The van der Waals surface area contributed by atoms with Crippen LogP contribution in [0.1, 0.15) is 32.4 Å². The van der Waals surface area contributed by atoms with Gasteiger partial charge in [-0.15, -0.1) is 0 Å². The second-order valence-electron chi connectivity index (χ2n) is 5.60. The number of hydrogen-bond donors (Lipinski definition) is 0. The molecule has 27 heavy (non-hydrogen) atoms. The Kier molecular flexibility index (Phi) is 5.32. The molecule has 1 aromatic heterocycles. The molecule has 3 aromatic rings. The summed E-state index contributed by atoms with van der Waals surface area (Å²) in [6.45, 7) is 0. The Labute approximate surface area is 154 Å². The van der Waals surface area contributed by atoms with Crippen molar-refractivity contribution in [3.05, 3.63) is 106 Å². The Morgan fingerprint density at radius 1 is 0.889 bits per heavy atom. The maximum atomic E-state index is 12.9. The van der Waals surface area contributed by atoms with E-state index < -0.39 is 22.8 Å². The van der Waals surface area contributed by atoms with Crippen molar-refractivity contribution in [1.29, 1.82) is 0 Å². The highest BCUT2D eigenvalue weighted by Crippen LogP contribution is 2.26. The number of pyridine rings is 1. The van der Waals surface area contributed by atoms with E-state index in [-0.39, 0.29) is 11.3 Å². The van der Waals surface area contributed by atoms with Crippen LogP contribution >= 0.6 is 0 Å². The molecule has 134 valence electrons. The van der Waals surface area contributed by atoms with Gasteiger partial charge < -0.3 is 4.74 Å². The predicted octanol–water partition coefficient (Wildman–Crippen LogP) is 3.77. The molecule has 0 saturated heterocycles. The maximum absolute atomic E-state index is 12.9. The highest BCUT2D eigenvalue weighted by Gasteiger charge is 2.27. The first-order chi connectivity index (χ1) is 13.1. The average molecular weight is 362 g/mol. The lowest BCUT2D eigenvalue weighted by Crippen LogP contribution is -2.20. The quantitative estimate of drug-likeness (QED) is 0.286. The van der Waals surface area contributed by atoms with Crippen LogP contribution in [0.25, 0.3) is 0 Å². The minimum atomic E-state index is -1.23. The van der Waals surface area contributed by atoms with Gasteiger partial charge in [-0.2, -0.15) is 0 Å². The molecule has 0 aliphatic carbocycles. The number of carbonyl (C=O) groups is 2. The number of carbonyl (C=O) groups excluding carboxylic acids is 2. The van der Waals surface area contributed by atoms with Crippen molar-refractivity contribution in [2.45, 2.75) is 6.10 Å². The van der Waals surface area contributed by atoms with Gasteiger partial charge in [0.15, 0.2) is 6.10 Å². The van der Waals surface area contributed by atoms with E-state index in [4.69, 9.17) is 4.74 Å². The summed E-state index contributed by atoms with van der Waals surface area (Å²) in [7, 11) is 0. The summed E-state index contributed by atoms with van der Waals surface area (Å²) >= 11 is 0. The lowest BCUT2D eigenvalue weighted by molar-refractivity contribution is -0.384. The van der Waals surface area contributed by atoms with Gasteiger partial charge in [0.05, 0.1) is 10.5 Å². The van der Waals surface area contributed by atoms with E-state index in [1.807, 2.05) is 0 Å².